The highest BCUT2D eigenvalue weighted by atomic mass is 32.2. The first kappa shape index (κ1) is 23.4. The molecule has 11 heteroatoms. The van der Waals surface area contributed by atoms with Crippen molar-refractivity contribution in [1.82, 2.24) is 4.98 Å². The molecular formula is C22H21F3N2O4S2. The summed E-state index contributed by atoms with van der Waals surface area (Å²) in [6.45, 7) is 1.02. The molecule has 0 aliphatic carbocycles. The molecule has 1 aromatic heterocycles. The molecule has 0 bridgehead atoms. The second-order valence-corrected chi connectivity index (χ2v) is 10.5. The van der Waals surface area contributed by atoms with Crippen molar-refractivity contribution < 1.29 is 31.1 Å². The molecule has 0 amide bonds. The predicted octanol–water partition coefficient (Wildman–Crippen LogP) is 5.16. The summed E-state index contributed by atoms with van der Waals surface area (Å²) in [6, 6.07) is 11.9. The number of hydrogen-bond donors (Lipinski definition) is 0. The van der Waals surface area contributed by atoms with E-state index in [9.17, 15) is 21.6 Å². The summed E-state index contributed by atoms with van der Waals surface area (Å²) in [7, 11) is -2.07. The Morgan fingerprint density at radius 3 is 2.36 bits per heavy atom. The zero-order valence-corrected chi connectivity index (χ0v) is 19.2. The van der Waals surface area contributed by atoms with Crippen molar-refractivity contribution in [3.05, 3.63) is 53.9 Å². The summed E-state index contributed by atoms with van der Waals surface area (Å²) in [4.78, 5) is 6.75. The van der Waals surface area contributed by atoms with Crippen LogP contribution in [0.3, 0.4) is 0 Å². The van der Waals surface area contributed by atoms with Gasteiger partial charge in [-0.2, -0.15) is 0 Å². The van der Waals surface area contributed by atoms with Gasteiger partial charge in [0.2, 0.25) is 0 Å². The van der Waals surface area contributed by atoms with E-state index >= 15 is 0 Å². The fraction of sp³-hybridized carbons (Fsp3) is 0.318. The number of para-hydroxylation sites is 1. The number of anilines is 1. The molecule has 6 nitrogen and oxygen atoms in total. The number of methoxy groups -OCH3 is 1. The largest absolute Gasteiger partial charge is 0.573 e. The summed E-state index contributed by atoms with van der Waals surface area (Å²) < 4.78 is 72.1. The van der Waals surface area contributed by atoms with E-state index in [4.69, 9.17) is 9.72 Å². The fourth-order valence-corrected chi connectivity index (χ4v) is 6.38. The van der Waals surface area contributed by atoms with Crippen LogP contribution in [0.1, 0.15) is 12.8 Å². The van der Waals surface area contributed by atoms with Crippen molar-refractivity contribution in [1.29, 1.82) is 0 Å². The third kappa shape index (κ3) is 5.25. The first-order valence-corrected chi connectivity index (χ1v) is 12.5. The van der Waals surface area contributed by atoms with Gasteiger partial charge in [-0.1, -0.05) is 12.1 Å². The molecule has 0 radical (unpaired) electrons. The van der Waals surface area contributed by atoms with Crippen molar-refractivity contribution >= 4 is 26.3 Å². The number of ether oxygens (including phenoxy) is 2. The highest BCUT2D eigenvalue weighted by molar-refractivity contribution is 7.92. The number of benzene rings is 2. The quantitative estimate of drug-likeness (QED) is 0.468. The van der Waals surface area contributed by atoms with Crippen molar-refractivity contribution in [2.24, 2.45) is 0 Å². The zero-order chi connectivity index (χ0) is 23.6. The zero-order valence-electron chi connectivity index (χ0n) is 17.6. The van der Waals surface area contributed by atoms with E-state index in [2.05, 4.69) is 9.64 Å². The lowest BCUT2D eigenvalue weighted by molar-refractivity contribution is -0.274. The van der Waals surface area contributed by atoms with Gasteiger partial charge in [-0.3, -0.25) is 0 Å². The van der Waals surface area contributed by atoms with Crippen LogP contribution in [0.2, 0.25) is 0 Å². The summed E-state index contributed by atoms with van der Waals surface area (Å²) in [6.07, 6.45) is -4.03. The van der Waals surface area contributed by atoms with Crippen LogP contribution in [0.5, 0.6) is 11.5 Å². The van der Waals surface area contributed by atoms with E-state index in [0.717, 1.165) is 46.4 Å². The summed E-state index contributed by atoms with van der Waals surface area (Å²) >= 11 is 1.49. The van der Waals surface area contributed by atoms with E-state index in [-0.39, 0.29) is 4.90 Å². The van der Waals surface area contributed by atoms with Gasteiger partial charge in [0, 0.05) is 24.0 Å². The van der Waals surface area contributed by atoms with Crippen LogP contribution in [0.25, 0.3) is 11.3 Å². The minimum atomic E-state index is -4.82. The molecule has 1 saturated heterocycles. The van der Waals surface area contributed by atoms with E-state index in [0.29, 0.717) is 25.9 Å². The average molecular weight is 499 g/mol. The van der Waals surface area contributed by atoms with Crippen LogP contribution >= 0.6 is 11.3 Å². The normalized spacial score (nSPS) is 15.5. The van der Waals surface area contributed by atoms with Crippen LogP contribution in [0.4, 0.5) is 18.3 Å². The van der Waals surface area contributed by atoms with Gasteiger partial charge in [0.15, 0.2) is 15.0 Å². The molecule has 0 spiro atoms. The Morgan fingerprint density at radius 2 is 1.73 bits per heavy atom. The van der Waals surface area contributed by atoms with Gasteiger partial charge < -0.3 is 14.4 Å². The lowest BCUT2D eigenvalue weighted by Gasteiger charge is -2.31. The Hall–Kier alpha value is -2.79. The molecular weight excluding hydrogens is 477 g/mol. The van der Waals surface area contributed by atoms with Crippen molar-refractivity contribution in [2.75, 3.05) is 25.1 Å². The van der Waals surface area contributed by atoms with E-state index in [1.54, 1.807) is 7.11 Å². The van der Waals surface area contributed by atoms with Crippen molar-refractivity contribution in [3.8, 4) is 22.8 Å². The topological polar surface area (TPSA) is 68.7 Å². The monoisotopic (exact) mass is 498 g/mol. The van der Waals surface area contributed by atoms with Crippen LogP contribution in [0, 0.1) is 0 Å². The molecule has 0 N–H and O–H groups in total. The number of halogens is 3. The van der Waals surface area contributed by atoms with Crippen LogP contribution in [-0.2, 0) is 9.84 Å². The molecule has 4 rings (SSSR count). The second kappa shape index (κ2) is 9.22. The number of aromatic nitrogens is 1. The number of hydrogen-bond acceptors (Lipinski definition) is 7. The molecule has 1 aliphatic rings. The highest BCUT2D eigenvalue weighted by Crippen LogP contribution is 2.35. The van der Waals surface area contributed by atoms with Gasteiger partial charge in [0.1, 0.15) is 11.5 Å². The maximum atomic E-state index is 13.0. The molecule has 1 aliphatic heterocycles. The van der Waals surface area contributed by atoms with Gasteiger partial charge in [-0.25, -0.2) is 13.4 Å². The van der Waals surface area contributed by atoms with Gasteiger partial charge >= 0.3 is 6.36 Å². The Kier molecular flexibility index (Phi) is 6.53. The number of thiazole rings is 1. The summed E-state index contributed by atoms with van der Waals surface area (Å²) in [5.74, 6) is 0.275. The maximum absolute atomic E-state index is 13.0. The average Bonchev–Trinajstić information content (AvgIpc) is 3.28. The van der Waals surface area contributed by atoms with Crippen LogP contribution in [0.15, 0.2) is 58.8 Å². The molecule has 0 saturated carbocycles. The SMILES string of the molecule is COc1ccccc1-c1csc(N2CCC(S(=O)(=O)c3ccc(OC(F)(F)F)cc3)CC2)n1. The number of sulfone groups is 1. The van der Waals surface area contributed by atoms with Gasteiger partial charge in [-0.05, 0) is 49.2 Å². The van der Waals surface area contributed by atoms with Crippen LogP contribution < -0.4 is 14.4 Å². The van der Waals surface area contributed by atoms with E-state index in [1.807, 2.05) is 29.6 Å². The molecule has 0 atom stereocenters. The molecule has 3 aromatic rings. The third-order valence-electron chi connectivity index (χ3n) is 5.41. The standard InChI is InChI=1S/C22H21F3N2O4S2/c1-30-20-5-3-2-4-18(20)19-14-32-21(26-19)27-12-10-17(11-13-27)33(28,29)16-8-6-15(7-9-16)31-22(23,24)25/h2-9,14,17H,10-13H2,1H3. The molecule has 0 unspecified atom stereocenters. The minimum Gasteiger partial charge on any atom is -0.496 e. The number of alkyl halides is 3. The first-order chi connectivity index (χ1) is 15.7. The van der Waals surface area contributed by atoms with Gasteiger partial charge in [0.25, 0.3) is 0 Å². The molecule has 2 heterocycles. The highest BCUT2D eigenvalue weighted by Gasteiger charge is 2.33. The first-order valence-electron chi connectivity index (χ1n) is 10.1. The summed E-state index contributed by atoms with van der Waals surface area (Å²) in [5, 5.41) is 2.14. The molecule has 1 fully saturated rings. The number of rotatable bonds is 6. The van der Waals surface area contributed by atoms with E-state index < -0.39 is 27.2 Å². The Balaban J connectivity index is 1.42. The second-order valence-electron chi connectivity index (χ2n) is 7.47. The maximum Gasteiger partial charge on any atom is 0.573 e. The minimum absolute atomic E-state index is 0.0109. The predicted molar refractivity (Wildman–Crippen MR) is 120 cm³/mol. The molecule has 33 heavy (non-hydrogen) atoms. The van der Waals surface area contributed by atoms with E-state index in [1.165, 1.54) is 11.3 Å². The Bertz CT molecular complexity index is 1200. The van der Waals surface area contributed by atoms with Gasteiger partial charge in [-0.15, -0.1) is 24.5 Å². The third-order valence-corrected chi connectivity index (χ3v) is 8.59. The lowest BCUT2D eigenvalue weighted by atomic mass is 10.1. The Labute approximate surface area is 193 Å². The fourth-order valence-electron chi connectivity index (χ4n) is 3.77. The number of piperidine rings is 1. The van der Waals surface area contributed by atoms with Crippen molar-refractivity contribution in [3.63, 3.8) is 0 Å². The number of nitrogens with zero attached hydrogens (tertiary/aromatic N) is 2. The summed E-state index contributed by atoms with van der Waals surface area (Å²) in [5.41, 5.74) is 1.68. The Morgan fingerprint density at radius 1 is 1.06 bits per heavy atom. The molecule has 2 aromatic carbocycles. The smallest absolute Gasteiger partial charge is 0.496 e. The molecule has 176 valence electrons. The van der Waals surface area contributed by atoms with Crippen LogP contribution in [-0.4, -0.2) is 45.2 Å². The van der Waals surface area contributed by atoms with Crippen molar-refractivity contribution in [2.45, 2.75) is 29.3 Å². The lowest BCUT2D eigenvalue weighted by Crippen LogP contribution is -2.39. The van der Waals surface area contributed by atoms with Gasteiger partial charge in [0.05, 0.1) is 22.9 Å².